The monoisotopic (exact) mass is 245 g/mol. The Morgan fingerprint density at radius 3 is 2.25 bits per heavy atom. The number of aromatic hydroxyl groups is 1. The van der Waals surface area contributed by atoms with Crippen molar-refractivity contribution in [3.63, 3.8) is 0 Å². The van der Waals surface area contributed by atoms with Gasteiger partial charge in [-0.25, -0.2) is 0 Å². The topological polar surface area (TPSA) is 29.5 Å². The van der Waals surface area contributed by atoms with Gasteiger partial charge >= 0.3 is 5.55 Å². The average molecular weight is 246 g/mol. The van der Waals surface area contributed by atoms with E-state index in [-0.39, 0.29) is 11.5 Å². The molecule has 0 amide bonds. The lowest BCUT2D eigenvalue weighted by molar-refractivity contribution is 0.448. The Morgan fingerprint density at radius 2 is 1.75 bits per heavy atom. The van der Waals surface area contributed by atoms with Crippen molar-refractivity contribution in [2.24, 2.45) is 0 Å². The minimum atomic E-state index is -2.91. The summed E-state index contributed by atoms with van der Waals surface area (Å²) in [6.45, 7) is 0. The highest BCUT2D eigenvalue weighted by Crippen LogP contribution is 2.74. The van der Waals surface area contributed by atoms with Gasteiger partial charge in [-0.3, -0.25) is 4.52 Å². The predicted molar refractivity (Wildman–Crippen MR) is 53.2 cm³/mol. The molecule has 0 fully saturated rings. The van der Waals surface area contributed by atoms with Gasteiger partial charge in [-0.1, -0.05) is 12.1 Å². The number of benzene rings is 1. The molecule has 0 saturated heterocycles. The van der Waals surface area contributed by atoms with Crippen LogP contribution in [0.1, 0.15) is 0 Å². The molecule has 6 heteroatoms. The van der Waals surface area contributed by atoms with Crippen molar-refractivity contribution in [3.8, 4) is 11.5 Å². The van der Waals surface area contributed by atoms with Gasteiger partial charge in [0, 0.05) is 0 Å². The maximum absolute atomic E-state index is 9.19. The molecule has 0 unspecified atom stereocenters. The van der Waals surface area contributed by atoms with Crippen molar-refractivity contribution in [1.82, 2.24) is 0 Å². The number of rotatable bonds is 2. The highest BCUT2D eigenvalue weighted by Gasteiger charge is 2.37. The van der Waals surface area contributed by atoms with Gasteiger partial charge < -0.3 is 5.11 Å². The number of hydrogen-bond acceptors (Lipinski definition) is 2. The highest BCUT2D eigenvalue weighted by molar-refractivity contribution is 8.30. The number of phenolic OH excluding ortho intramolecular Hbond substituents is 1. The van der Waals surface area contributed by atoms with Crippen LogP contribution in [0.2, 0.25) is 0 Å². The summed E-state index contributed by atoms with van der Waals surface area (Å²) in [5.74, 6) is 0.148. The van der Waals surface area contributed by atoms with Gasteiger partial charge in [-0.2, -0.15) is 0 Å². The standard InChI is InChI=1S/C6H4Cl3O2P/c7-12(8,9)11-6-4-2-1-3-5(6)10/h1-4H/p+1. The van der Waals surface area contributed by atoms with Crippen LogP contribution in [0.15, 0.2) is 24.3 Å². The molecular weight excluding hydrogens is 241 g/mol. The van der Waals surface area contributed by atoms with Crippen molar-refractivity contribution in [3.05, 3.63) is 24.3 Å². The van der Waals surface area contributed by atoms with Crippen molar-refractivity contribution in [1.29, 1.82) is 0 Å². The van der Waals surface area contributed by atoms with E-state index >= 15 is 0 Å². The van der Waals surface area contributed by atoms with Gasteiger partial charge in [0.25, 0.3) is 0 Å². The molecule has 0 atom stereocenters. The molecule has 1 rings (SSSR count). The van der Waals surface area contributed by atoms with Gasteiger partial charge in [0.05, 0.1) is 0 Å². The second-order valence-electron chi connectivity index (χ2n) is 1.96. The first-order valence-electron chi connectivity index (χ1n) is 2.94. The third-order valence-corrected chi connectivity index (χ3v) is 2.09. The zero-order valence-electron chi connectivity index (χ0n) is 5.75. The molecule has 0 bridgehead atoms. The van der Waals surface area contributed by atoms with E-state index < -0.39 is 5.55 Å². The molecule has 2 nitrogen and oxygen atoms in total. The third kappa shape index (κ3) is 3.24. The average Bonchev–Trinajstić information content (AvgIpc) is 1.91. The minimum absolute atomic E-state index is 0.0381. The lowest BCUT2D eigenvalue weighted by atomic mass is 10.3. The van der Waals surface area contributed by atoms with Crippen LogP contribution < -0.4 is 4.52 Å². The molecule has 0 radical (unpaired) electrons. The SMILES string of the molecule is Oc1ccccc1O[P+](Cl)(Cl)Cl. The Morgan fingerprint density at radius 1 is 1.17 bits per heavy atom. The quantitative estimate of drug-likeness (QED) is 0.794. The fourth-order valence-corrected chi connectivity index (χ4v) is 1.69. The highest BCUT2D eigenvalue weighted by atomic mass is 36.1. The molecule has 0 saturated carbocycles. The number of halogens is 3. The second kappa shape index (κ2) is 3.89. The molecule has 0 heterocycles. The van der Waals surface area contributed by atoms with Crippen LogP contribution in [0, 0.1) is 0 Å². The molecular formula is C6H5Cl3O2P+. The van der Waals surface area contributed by atoms with Gasteiger partial charge in [0.15, 0.2) is 39.5 Å². The van der Waals surface area contributed by atoms with Crippen molar-refractivity contribution >= 4 is 39.3 Å². The van der Waals surface area contributed by atoms with Crippen molar-refractivity contribution in [2.75, 3.05) is 0 Å². The normalized spacial score (nSPS) is 11.2. The first-order valence-corrected chi connectivity index (χ1v) is 7.37. The molecule has 0 spiro atoms. The molecule has 0 aliphatic carbocycles. The summed E-state index contributed by atoms with van der Waals surface area (Å²) in [4.78, 5) is 0. The molecule has 0 aliphatic heterocycles. The minimum Gasteiger partial charge on any atom is -0.504 e. The maximum atomic E-state index is 9.19. The Balaban J connectivity index is 2.83. The number of hydrogen-bond donors (Lipinski definition) is 1. The lowest BCUT2D eigenvalue weighted by Gasteiger charge is -2.02. The van der Waals surface area contributed by atoms with Gasteiger partial charge in [0.2, 0.25) is 5.75 Å². The second-order valence-corrected chi connectivity index (χ2v) is 8.78. The molecule has 12 heavy (non-hydrogen) atoms. The van der Waals surface area contributed by atoms with Crippen LogP contribution in [-0.2, 0) is 0 Å². The molecule has 1 aromatic rings. The Hall–Kier alpha value is 0.120. The van der Waals surface area contributed by atoms with Crippen LogP contribution in [-0.4, -0.2) is 5.11 Å². The first-order chi connectivity index (χ1) is 5.49. The number of phenols is 1. The summed E-state index contributed by atoms with van der Waals surface area (Å²) in [5.41, 5.74) is -2.91. The fraction of sp³-hybridized carbons (Fsp3) is 0. The van der Waals surface area contributed by atoms with Crippen LogP contribution >= 0.6 is 39.3 Å². The van der Waals surface area contributed by atoms with Crippen LogP contribution in [0.25, 0.3) is 0 Å². The molecule has 66 valence electrons. The summed E-state index contributed by atoms with van der Waals surface area (Å²) in [7, 11) is 0. The third-order valence-electron chi connectivity index (χ3n) is 1.07. The number of para-hydroxylation sites is 2. The first kappa shape index (κ1) is 10.2. The summed E-state index contributed by atoms with van der Waals surface area (Å²) < 4.78 is 4.89. The Kier molecular flexibility index (Phi) is 3.30. The van der Waals surface area contributed by atoms with Gasteiger partial charge in [-0.15, -0.1) is 0 Å². The van der Waals surface area contributed by atoms with Crippen molar-refractivity contribution < 1.29 is 9.63 Å². The smallest absolute Gasteiger partial charge is 0.481 e. The zero-order chi connectivity index (χ0) is 9.19. The van der Waals surface area contributed by atoms with E-state index in [2.05, 4.69) is 0 Å². The zero-order valence-corrected chi connectivity index (χ0v) is 8.91. The summed E-state index contributed by atoms with van der Waals surface area (Å²) >= 11 is 16.3. The Labute approximate surface area is 84.8 Å². The van der Waals surface area contributed by atoms with E-state index in [0.29, 0.717) is 0 Å². The summed E-state index contributed by atoms with van der Waals surface area (Å²) in [6.07, 6.45) is 0. The van der Waals surface area contributed by atoms with E-state index in [4.69, 9.17) is 38.2 Å². The van der Waals surface area contributed by atoms with Gasteiger partial charge in [-0.05, 0) is 12.1 Å². The van der Waals surface area contributed by atoms with Crippen molar-refractivity contribution in [2.45, 2.75) is 0 Å². The van der Waals surface area contributed by atoms with Gasteiger partial charge in [0.1, 0.15) is 0 Å². The molecule has 1 aromatic carbocycles. The predicted octanol–water partition coefficient (Wildman–Crippen LogP) is 4.17. The van der Waals surface area contributed by atoms with E-state index in [0.717, 1.165) is 0 Å². The maximum Gasteiger partial charge on any atom is 0.481 e. The molecule has 1 N–H and O–H groups in total. The van der Waals surface area contributed by atoms with Crippen LogP contribution in [0.5, 0.6) is 11.5 Å². The van der Waals surface area contributed by atoms with E-state index in [1.54, 1.807) is 12.1 Å². The summed E-state index contributed by atoms with van der Waals surface area (Å²) in [5, 5.41) is 9.19. The van der Waals surface area contributed by atoms with E-state index in [1.807, 2.05) is 0 Å². The molecule has 0 aliphatic rings. The Bertz CT molecular complexity index is 274. The molecule has 0 aromatic heterocycles. The van der Waals surface area contributed by atoms with E-state index in [1.165, 1.54) is 12.1 Å². The fourth-order valence-electron chi connectivity index (χ4n) is 0.646. The van der Waals surface area contributed by atoms with Crippen LogP contribution in [0.4, 0.5) is 0 Å². The largest absolute Gasteiger partial charge is 0.504 e. The van der Waals surface area contributed by atoms with Crippen LogP contribution in [0.3, 0.4) is 0 Å². The van der Waals surface area contributed by atoms with E-state index in [9.17, 15) is 5.11 Å². The lowest BCUT2D eigenvalue weighted by Crippen LogP contribution is -1.82. The summed E-state index contributed by atoms with van der Waals surface area (Å²) in [6, 6.07) is 6.31.